The minimum Gasteiger partial charge on any atom is -0.453 e. The Labute approximate surface area is 353 Å². The molecule has 0 unspecified atom stereocenters. The quantitative estimate of drug-likeness (QED) is 0.161. The normalized spacial score (nSPS) is 14.1. The number of rotatable bonds is 7. The third-order valence-corrected chi connectivity index (χ3v) is 10.6. The number of anilines is 3. The van der Waals surface area contributed by atoms with Crippen LogP contribution in [0.2, 0.25) is 0 Å². The van der Waals surface area contributed by atoms with E-state index in [1.165, 1.54) is 0 Å². The summed E-state index contributed by atoms with van der Waals surface area (Å²) in [6.45, 7) is 0. The molecule has 0 amide bonds. The largest absolute Gasteiger partial charge is 0.453 e. The van der Waals surface area contributed by atoms with Crippen LogP contribution >= 0.6 is 0 Å². The third kappa shape index (κ3) is 5.91. The van der Waals surface area contributed by atoms with Crippen LogP contribution in [0.5, 0.6) is 0 Å². The lowest BCUT2D eigenvalue weighted by Crippen LogP contribution is -2.10. The van der Waals surface area contributed by atoms with Gasteiger partial charge in [-0.1, -0.05) is 176 Å². The van der Waals surface area contributed by atoms with Crippen LogP contribution in [-0.2, 0) is 0 Å². The number of furan rings is 1. The van der Waals surface area contributed by atoms with E-state index in [4.69, 9.17) is 16.8 Å². The first kappa shape index (κ1) is 24.1. The summed E-state index contributed by atoms with van der Waals surface area (Å²) in [5, 5.41) is 3.45. The smallest absolute Gasteiger partial charge is 0.159 e. The highest BCUT2D eigenvalue weighted by atomic mass is 16.3. The Hall–Kier alpha value is -7.68. The topological polar surface area (TPSA) is 16.4 Å². The molecule has 11 aromatic rings. The Morgan fingerprint density at radius 3 is 1.62 bits per heavy atom. The Morgan fingerprint density at radius 1 is 0.345 bits per heavy atom. The molecule has 2 nitrogen and oxygen atoms in total. The zero-order valence-electron chi connectivity index (χ0n) is 41.9. The van der Waals surface area contributed by atoms with Crippen LogP contribution in [-0.4, -0.2) is 0 Å². The first-order valence-electron chi connectivity index (χ1n) is 24.4. The maximum atomic E-state index is 9.40. The highest BCUT2D eigenvalue weighted by molar-refractivity contribution is 6.17. The van der Waals surface area contributed by atoms with E-state index in [2.05, 4.69) is 77.7 Å². The highest BCUT2D eigenvalue weighted by Crippen LogP contribution is 2.44. The van der Waals surface area contributed by atoms with Gasteiger partial charge in [-0.2, -0.15) is 0 Å². The standard InChI is InChI=1S/C56H37NO/c1-3-12-38(13-4-1)43-22-24-46-37-44(23-25-45(46)36-43)39-26-31-47(32-27-39)57(48-33-28-42(29-34-48)50-18-10-9-17-49(50)40-14-5-2-6-15-40)54-21-11-20-52-53-35-30-41-16-7-8-19-51(41)55(53)58-56(52)54/h1-37H/i1D,3D,4D,12D,13D,22D,23D,24D,25D,36D,37D. The Bertz CT molecular complexity index is 3880. The summed E-state index contributed by atoms with van der Waals surface area (Å²) in [7, 11) is 0. The molecule has 0 saturated heterocycles. The van der Waals surface area contributed by atoms with Gasteiger partial charge >= 0.3 is 0 Å². The van der Waals surface area contributed by atoms with Crippen LogP contribution in [0.25, 0.3) is 88.0 Å². The van der Waals surface area contributed by atoms with E-state index in [1.54, 1.807) is 12.1 Å². The second-order valence-corrected chi connectivity index (χ2v) is 14.0. The zero-order chi connectivity index (χ0) is 48.0. The number of hydrogen-bond acceptors (Lipinski definition) is 2. The minimum absolute atomic E-state index is 0.0150. The fraction of sp³-hybridized carbons (Fsp3) is 0. The molecule has 58 heavy (non-hydrogen) atoms. The molecule has 0 spiro atoms. The average Bonchev–Trinajstić information content (AvgIpc) is 3.78. The fourth-order valence-electron chi connectivity index (χ4n) is 7.81. The number of fused-ring (bicyclic) bond motifs is 6. The lowest BCUT2D eigenvalue weighted by Gasteiger charge is -2.26. The van der Waals surface area contributed by atoms with Gasteiger partial charge in [-0.25, -0.2) is 0 Å². The van der Waals surface area contributed by atoms with E-state index < -0.39 is 71.6 Å². The van der Waals surface area contributed by atoms with Crippen molar-refractivity contribution in [2.75, 3.05) is 4.90 Å². The lowest BCUT2D eigenvalue weighted by molar-refractivity contribution is 0.673. The fourth-order valence-corrected chi connectivity index (χ4v) is 7.81. The monoisotopic (exact) mass is 750 g/mol. The summed E-state index contributed by atoms with van der Waals surface area (Å²) in [4.78, 5) is 2.09. The first-order chi connectivity index (χ1) is 33.3. The summed E-state index contributed by atoms with van der Waals surface area (Å²) in [6.07, 6.45) is 0. The maximum absolute atomic E-state index is 9.40. The molecule has 0 atom stereocenters. The van der Waals surface area contributed by atoms with E-state index in [0.29, 0.717) is 16.8 Å². The second kappa shape index (κ2) is 14.1. The maximum Gasteiger partial charge on any atom is 0.159 e. The molecule has 1 heterocycles. The average molecular weight is 751 g/mol. The van der Waals surface area contributed by atoms with Gasteiger partial charge < -0.3 is 9.32 Å². The summed E-state index contributed by atoms with van der Waals surface area (Å²) in [5.41, 5.74) is 7.57. The van der Waals surface area contributed by atoms with Crippen molar-refractivity contribution in [1.82, 2.24) is 0 Å². The van der Waals surface area contributed by atoms with Crippen molar-refractivity contribution in [3.8, 4) is 44.5 Å². The molecule has 0 fully saturated rings. The van der Waals surface area contributed by atoms with Crippen molar-refractivity contribution in [2.45, 2.75) is 0 Å². The summed E-state index contributed by atoms with van der Waals surface area (Å²) >= 11 is 0. The molecule has 0 aliphatic carbocycles. The van der Waals surface area contributed by atoms with Crippen molar-refractivity contribution >= 4 is 60.5 Å². The summed E-state index contributed by atoms with van der Waals surface area (Å²) in [6, 6.07) is 46.1. The van der Waals surface area contributed by atoms with Gasteiger partial charge in [-0.05, 0) is 109 Å². The van der Waals surface area contributed by atoms with Gasteiger partial charge in [-0.3, -0.25) is 0 Å². The highest BCUT2D eigenvalue weighted by Gasteiger charge is 2.21. The predicted octanol–water partition coefficient (Wildman–Crippen LogP) is 16.0. The molecule has 11 rings (SSSR count). The van der Waals surface area contributed by atoms with Crippen molar-refractivity contribution in [3.05, 3.63) is 224 Å². The van der Waals surface area contributed by atoms with Crippen molar-refractivity contribution in [2.24, 2.45) is 0 Å². The minimum atomic E-state index is -0.674. The van der Waals surface area contributed by atoms with E-state index >= 15 is 0 Å². The van der Waals surface area contributed by atoms with Crippen LogP contribution in [0, 0.1) is 0 Å². The van der Waals surface area contributed by atoms with Gasteiger partial charge in [0.15, 0.2) is 5.58 Å². The Morgan fingerprint density at radius 2 is 0.914 bits per heavy atom. The molecule has 10 aromatic carbocycles. The molecular weight excluding hydrogens is 703 g/mol. The molecule has 272 valence electrons. The molecule has 0 N–H and O–H groups in total. The van der Waals surface area contributed by atoms with Crippen molar-refractivity contribution < 1.29 is 19.5 Å². The van der Waals surface area contributed by atoms with Gasteiger partial charge in [0.25, 0.3) is 0 Å². The van der Waals surface area contributed by atoms with Gasteiger partial charge in [0.1, 0.15) is 5.58 Å². The van der Waals surface area contributed by atoms with Crippen LogP contribution in [0.15, 0.2) is 229 Å². The van der Waals surface area contributed by atoms with Gasteiger partial charge in [0.2, 0.25) is 0 Å². The number of nitrogens with zero attached hydrogens (tertiary/aromatic N) is 1. The zero-order valence-corrected chi connectivity index (χ0v) is 30.9. The number of benzene rings is 10. The van der Waals surface area contributed by atoms with Crippen LogP contribution in [0.3, 0.4) is 0 Å². The Balaban J connectivity index is 1.07. The predicted molar refractivity (Wildman–Crippen MR) is 245 cm³/mol. The number of para-hydroxylation sites is 1. The molecule has 0 saturated carbocycles. The summed E-state index contributed by atoms with van der Waals surface area (Å²) < 4.78 is 103. The van der Waals surface area contributed by atoms with Crippen molar-refractivity contribution in [3.63, 3.8) is 0 Å². The molecule has 1 aromatic heterocycles. The lowest BCUT2D eigenvalue weighted by atomic mass is 9.94. The third-order valence-electron chi connectivity index (χ3n) is 10.6. The molecule has 0 bridgehead atoms. The van der Waals surface area contributed by atoms with Crippen LogP contribution in [0.4, 0.5) is 17.1 Å². The van der Waals surface area contributed by atoms with Gasteiger partial charge in [0.05, 0.1) is 20.8 Å². The van der Waals surface area contributed by atoms with E-state index in [-0.39, 0.29) is 22.4 Å². The summed E-state index contributed by atoms with van der Waals surface area (Å²) in [5.74, 6) is 0. The molecular formula is C56H37NO. The molecule has 0 radical (unpaired) electrons. The number of hydrogen-bond donors (Lipinski definition) is 0. The molecule has 2 heteroatoms. The van der Waals surface area contributed by atoms with E-state index in [9.17, 15) is 2.74 Å². The SMILES string of the molecule is [2H]c1c([2H])c([2H])c(-c2c([2H])c([2H])c3c([2H])c(-c4ccc(N(c5ccc(-c6ccccc6-c6ccccc6)cc5)c5cccc6c5oc5c7ccccc7ccc65)cc4)c([2H])c([2H])c3c2[2H])c([2H])c1[2H]. The van der Waals surface area contributed by atoms with E-state index in [1.807, 2.05) is 72.8 Å². The van der Waals surface area contributed by atoms with Gasteiger partial charge in [-0.15, -0.1) is 0 Å². The molecule has 0 aliphatic heterocycles. The van der Waals surface area contributed by atoms with Crippen molar-refractivity contribution in [1.29, 1.82) is 0 Å². The van der Waals surface area contributed by atoms with Crippen LogP contribution < -0.4 is 4.90 Å². The molecule has 0 aliphatic rings. The Kier molecular flexibility index (Phi) is 5.86. The first-order valence-corrected chi connectivity index (χ1v) is 18.9. The second-order valence-electron chi connectivity index (χ2n) is 14.0. The van der Waals surface area contributed by atoms with E-state index in [0.717, 1.165) is 60.8 Å². The van der Waals surface area contributed by atoms with Gasteiger partial charge in [0, 0.05) is 27.5 Å². The van der Waals surface area contributed by atoms with Crippen LogP contribution in [0.1, 0.15) is 15.1 Å².